The van der Waals surface area contributed by atoms with Crippen LogP contribution in [0.3, 0.4) is 0 Å². The van der Waals surface area contributed by atoms with Gasteiger partial charge in [-0.25, -0.2) is 4.99 Å². The Hall–Kier alpha value is -2.16. The summed E-state index contributed by atoms with van der Waals surface area (Å²) < 4.78 is 1.95. The van der Waals surface area contributed by atoms with Crippen molar-refractivity contribution in [3.63, 3.8) is 0 Å². The molecule has 3 aromatic rings. The van der Waals surface area contributed by atoms with Crippen LogP contribution in [-0.4, -0.2) is 33.3 Å². The second-order valence-corrected chi connectivity index (χ2v) is 7.20. The third kappa shape index (κ3) is 5.68. The number of hydrogen-bond acceptors (Lipinski definition) is 3. The van der Waals surface area contributed by atoms with E-state index in [1.165, 1.54) is 16.8 Å². The van der Waals surface area contributed by atoms with Crippen molar-refractivity contribution in [3.05, 3.63) is 59.0 Å². The van der Waals surface area contributed by atoms with Crippen LogP contribution < -0.4 is 10.6 Å². The van der Waals surface area contributed by atoms with Gasteiger partial charge in [0.25, 0.3) is 0 Å². The number of pyridine rings is 1. The molecule has 1 atom stereocenters. The number of benzene rings is 1. The lowest BCUT2D eigenvalue weighted by molar-refractivity contribution is 0.636. The van der Waals surface area contributed by atoms with Crippen LogP contribution in [0.25, 0.3) is 10.9 Å². The van der Waals surface area contributed by atoms with E-state index in [4.69, 9.17) is 4.99 Å². The number of hydrogen-bond donors (Lipinski definition) is 2. The first-order chi connectivity index (χ1) is 13.5. The Morgan fingerprint density at radius 2 is 1.97 bits per heavy atom. The predicted octanol–water partition coefficient (Wildman–Crippen LogP) is 3.89. The zero-order valence-electron chi connectivity index (χ0n) is 17.9. The van der Waals surface area contributed by atoms with Crippen LogP contribution >= 0.6 is 24.0 Å². The number of aryl methyl sites for hydroxylation is 2. The van der Waals surface area contributed by atoms with Gasteiger partial charge in [0, 0.05) is 36.9 Å². The van der Waals surface area contributed by atoms with Crippen LogP contribution in [-0.2, 0) is 20.0 Å². The molecule has 0 saturated heterocycles. The largest absolute Gasteiger partial charge is 0.357 e. The minimum atomic E-state index is 0. The van der Waals surface area contributed by atoms with Crippen LogP contribution in [0.15, 0.2) is 41.5 Å². The maximum absolute atomic E-state index is 4.81. The molecule has 3 rings (SSSR count). The second kappa shape index (κ2) is 10.6. The minimum Gasteiger partial charge on any atom is -0.357 e. The average molecular weight is 506 g/mol. The standard InChI is InChI=1S/C22H30N6.HI/c1-6-23-22(26-15(2)13-20-16(3)27-28(5)17(20)4)25-14-18-11-12-24-21-10-8-7-9-19(18)21;/h7-12,15H,6,13-14H2,1-5H3,(H2,23,25,26);1H. The van der Waals surface area contributed by atoms with Gasteiger partial charge in [-0.1, -0.05) is 18.2 Å². The van der Waals surface area contributed by atoms with Crippen molar-refractivity contribution in [1.82, 2.24) is 25.4 Å². The number of aliphatic imine (C=N–C) groups is 1. The smallest absolute Gasteiger partial charge is 0.191 e. The number of nitrogens with zero attached hydrogens (tertiary/aromatic N) is 4. The lowest BCUT2D eigenvalue weighted by Gasteiger charge is -2.18. The van der Waals surface area contributed by atoms with E-state index < -0.39 is 0 Å². The summed E-state index contributed by atoms with van der Waals surface area (Å²) in [5.41, 5.74) is 5.80. The molecule has 156 valence electrons. The Morgan fingerprint density at radius 3 is 2.66 bits per heavy atom. The number of halogens is 1. The minimum absolute atomic E-state index is 0. The fourth-order valence-electron chi connectivity index (χ4n) is 3.48. The van der Waals surface area contributed by atoms with E-state index in [0.717, 1.165) is 35.5 Å². The van der Waals surface area contributed by atoms with E-state index in [1.54, 1.807) is 0 Å². The zero-order chi connectivity index (χ0) is 20.1. The first kappa shape index (κ1) is 23.1. The average Bonchev–Trinajstić information content (AvgIpc) is 2.92. The molecular weight excluding hydrogens is 475 g/mol. The first-order valence-corrected chi connectivity index (χ1v) is 9.86. The second-order valence-electron chi connectivity index (χ2n) is 7.20. The number of rotatable bonds is 6. The highest BCUT2D eigenvalue weighted by molar-refractivity contribution is 14.0. The molecule has 0 amide bonds. The van der Waals surface area contributed by atoms with Gasteiger partial charge in [-0.3, -0.25) is 9.67 Å². The molecule has 0 aliphatic heterocycles. The molecule has 0 radical (unpaired) electrons. The monoisotopic (exact) mass is 506 g/mol. The summed E-state index contributed by atoms with van der Waals surface area (Å²) in [4.78, 5) is 9.24. The fourth-order valence-corrected chi connectivity index (χ4v) is 3.48. The Kier molecular flexibility index (Phi) is 8.43. The quantitative estimate of drug-likeness (QED) is 0.303. The number of nitrogens with one attached hydrogen (secondary N) is 2. The molecule has 0 saturated carbocycles. The summed E-state index contributed by atoms with van der Waals surface area (Å²) in [5, 5.41) is 12.6. The molecule has 0 aliphatic rings. The number of guanidine groups is 1. The van der Waals surface area contributed by atoms with Crippen molar-refractivity contribution in [3.8, 4) is 0 Å². The molecule has 2 N–H and O–H groups in total. The molecule has 6 nitrogen and oxygen atoms in total. The lowest BCUT2D eigenvalue weighted by Crippen LogP contribution is -2.43. The maximum atomic E-state index is 4.81. The molecule has 0 aliphatic carbocycles. The van der Waals surface area contributed by atoms with Gasteiger partial charge in [0.2, 0.25) is 0 Å². The first-order valence-electron chi connectivity index (χ1n) is 9.86. The van der Waals surface area contributed by atoms with Crippen molar-refractivity contribution < 1.29 is 0 Å². The summed E-state index contributed by atoms with van der Waals surface area (Å²) >= 11 is 0. The molecule has 1 aromatic carbocycles. The van der Waals surface area contributed by atoms with Crippen molar-refractivity contribution in [2.75, 3.05) is 6.54 Å². The highest BCUT2D eigenvalue weighted by atomic mass is 127. The molecule has 7 heteroatoms. The van der Waals surface area contributed by atoms with Crippen molar-refractivity contribution in [1.29, 1.82) is 0 Å². The lowest BCUT2D eigenvalue weighted by atomic mass is 10.1. The van der Waals surface area contributed by atoms with Crippen LogP contribution in [0.1, 0.15) is 36.4 Å². The summed E-state index contributed by atoms with van der Waals surface area (Å²) in [6, 6.07) is 10.5. The Bertz CT molecular complexity index is 973. The number of fused-ring (bicyclic) bond motifs is 1. The molecule has 0 fully saturated rings. The van der Waals surface area contributed by atoms with Gasteiger partial charge in [0.1, 0.15) is 0 Å². The van der Waals surface area contributed by atoms with Crippen molar-refractivity contribution in [2.24, 2.45) is 12.0 Å². The Labute approximate surface area is 190 Å². The number of para-hydroxylation sites is 1. The third-order valence-corrected chi connectivity index (χ3v) is 5.04. The van der Waals surface area contributed by atoms with E-state index in [2.05, 4.69) is 54.5 Å². The molecule has 1 unspecified atom stereocenters. The molecule has 29 heavy (non-hydrogen) atoms. The van der Waals surface area contributed by atoms with E-state index in [0.29, 0.717) is 6.54 Å². The summed E-state index contributed by atoms with van der Waals surface area (Å²) in [6.07, 6.45) is 2.76. The van der Waals surface area contributed by atoms with Gasteiger partial charge in [-0.2, -0.15) is 5.10 Å². The van der Waals surface area contributed by atoms with Gasteiger partial charge in [0.05, 0.1) is 17.8 Å². The van der Waals surface area contributed by atoms with Gasteiger partial charge < -0.3 is 10.6 Å². The van der Waals surface area contributed by atoms with Crippen LogP contribution in [0, 0.1) is 13.8 Å². The van der Waals surface area contributed by atoms with Gasteiger partial charge in [0.15, 0.2) is 5.96 Å². The van der Waals surface area contributed by atoms with E-state index in [1.807, 2.05) is 42.2 Å². The Balaban J connectivity index is 0.00000300. The SMILES string of the molecule is CCNC(=NCc1ccnc2ccccc12)NC(C)Cc1c(C)nn(C)c1C.I. The topological polar surface area (TPSA) is 67.1 Å². The molecule has 2 aromatic heterocycles. The molecule has 2 heterocycles. The van der Waals surface area contributed by atoms with E-state index >= 15 is 0 Å². The molecular formula is C22H31IN6. The highest BCUT2D eigenvalue weighted by Crippen LogP contribution is 2.17. The Morgan fingerprint density at radius 1 is 1.21 bits per heavy atom. The van der Waals surface area contributed by atoms with Crippen molar-refractivity contribution >= 4 is 40.8 Å². The normalized spacial score (nSPS) is 12.5. The summed E-state index contributed by atoms with van der Waals surface area (Å²) in [7, 11) is 1.99. The van der Waals surface area contributed by atoms with Crippen LogP contribution in [0.2, 0.25) is 0 Å². The zero-order valence-corrected chi connectivity index (χ0v) is 20.2. The molecule has 0 bridgehead atoms. The van der Waals surface area contributed by atoms with Gasteiger partial charge >= 0.3 is 0 Å². The number of aromatic nitrogens is 3. The maximum Gasteiger partial charge on any atom is 0.191 e. The summed E-state index contributed by atoms with van der Waals surface area (Å²) in [5.74, 6) is 0.829. The van der Waals surface area contributed by atoms with Gasteiger partial charge in [-0.15, -0.1) is 24.0 Å². The molecule has 0 spiro atoms. The van der Waals surface area contributed by atoms with E-state index in [-0.39, 0.29) is 30.0 Å². The predicted molar refractivity (Wildman–Crippen MR) is 131 cm³/mol. The summed E-state index contributed by atoms with van der Waals surface area (Å²) in [6.45, 7) is 9.88. The van der Waals surface area contributed by atoms with Crippen LogP contribution in [0.4, 0.5) is 0 Å². The van der Waals surface area contributed by atoms with Gasteiger partial charge in [-0.05, 0) is 57.4 Å². The highest BCUT2D eigenvalue weighted by Gasteiger charge is 2.14. The van der Waals surface area contributed by atoms with Crippen molar-refractivity contribution in [2.45, 2.75) is 46.7 Å². The third-order valence-electron chi connectivity index (χ3n) is 5.04. The van der Waals surface area contributed by atoms with Crippen LogP contribution in [0.5, 0.6) is 0 Å². The van der Waals surface area contributed by atoms with E-state index in [9.17, 15) is 0 Å². The fraction of sp³-hybridized carbons (Fsp3) is 0.409.